The number of aliphatic hydroxyl groups excluding tert-OH is 2. The number of aliphatic carboxylic acids is 1. The van der Waals surface area contributed by atoms with Gasteiger partial charge in [0.2, 0.25) is 5.91 Å². The predicted octanol–water partition coefficient (Wildman–Crippen LogP) is -4.37. The molecule has 0 radical (unpaired) electrons. The summed E-state index contributed by atoms with van der Waals surface area (Å²) in [7, 11) is 0. The van der Waals surface area contributed by atoms with Gasteiger partial charge in [-0.3, -0.25) is 20.4 Å². The summed E-state index contributed by atoms with van der Waals surface area (Å²) >= 11 is 4.78. The number of carboxylic acid groups (broad SMARTS) is 1. The summed E-state index contributed by atoms with van der Waals surface area (Å²) in [5.74, 6) is -3.36. The number of thiocarbonyl (C=S) groups is 1. The monoisotopic (exact) mass is 394 g/mol. The van der Waals surface area contributed by atoms with Gasteiger partial charge in [0.25, 0.3) is 5.91 Å². The first-order valence-electron chi connectivity index (χ1n) is 7.21. The van der Waals surface area contributed by atoms with Crippen LogP contribution in [0.25, 0.3) is 0 Å². The van der Waals surface area contributed by atoms with Gasteiger partial charge in [-0.05, 0) is 6.92 Å². The van der Waals surface area contributed by atoms with Gasteiger partial charge in [-0.2, -0.15) is 0 Å². The van der Waals surface area contributed by atoms with Crippen molar-refractivity contribution in [2.24, 2.45) is 11.5 Å². The maximum Gasteiger partial charge on any atom is 0.328 e. The first-order valence-corrected chi connectivity index (χ1v) is 7.62. The molecule has 14 heteroatoms. The number of carbonyl (C=O) groups excluding carboxylic acids is 3. The maximum atomic E-state index is 12.0. The fourth-order valence-electron chi connectivity index (χ4n) is 1.53. The zero-order chi connectivity index (χ0) is 20.4. The van der Waals surface area contributed by atoms with Gasteiger partial charge < -0.3 is 37.4 Å². The molecule has 4 unspecified atom stereocenters. The van der Waals surface area contributed by atoms with E-state index < -0.39 is 61.1 Å². The van der Waals surface area contributed by atoms with Crippen molar-refractivity contribution in [1.29, 1.82) is 0 Å². The summed E-state index contributed by atoms with van der Waals surface area (Å²) in [5.41, 5.74) is 14.7. The van der Waals surface area contributed by atoms with Crippen LogP contribution in [0.5, 0.6) is 0 Å². The van der Waals surface area contributed by atoms with E-state index in [1.807, 2.05) is 5.32 Å². The van der Waals surface area contributed by atoms with Crippen molar-refractivity contribution >= 4 is 41.0 Å². The summed E-state index contributed by atoms with van der Waals surface area (Å²) < 4.78 is 0. The highest BCUT2D eigenvalue weighted by Gasteiger charge is 2.28. The number of aliphatic hydroxyl groups is 2. The molecule has 0 aliphatic heterocycles. The Morgan fingerprint density at radius 3 is 2.15 bits per heavy atom. The lowest BCUT2D eigenvalue weighted by Crippen LogP contribution is -2.59. The van der Waals surface area contributed by atoms with Gasteiger partial charge in [0.05, 0.1) is 25.2 Å². The number of hydrogen-bond acceptors (Lipinski definition) is 8. The molecule has 0 aromatic carbocycles. The van der Waals surface area contributed by atoms with Crippen LogP contribution in [0.15, 0.2) is 0 Å². The lowest BCUT2D eigenvalue weighted by molar-refractivity contribution is -0.141. The number of hydrogen-bond donors (Lipinski definition) is 9. The highest BCUT2D eigenvalue weighted by molar-refractivity contribution is 7.80. The minimum Gasteiger partial charge on any atom is -0.480 e. The molecule has 148 valence electrons. The Balaban J connectivity index is 4.90. The molecule has 0 saturated heterocycles. The van der Waals surface area contributed by atoms with Crippen LogP contribution in [-0.4, -0.2) is 75.0 Å². The molecule has 0 aliphatic rings. The Morgan fingerprint density at radius 1 is 1.15 bits per heavy atom. The highest BCUT2D eigenvalue weighted by atomic mass is 32.1. The van der Waals surface area contributed by atoms with Crippen LogP contribution < -0.4 is 33.0 Å². The topological polar surface area (TPSA) is 229 Å². The molecule has 4 atom stereocenters. The molecule has 0 saturated carbocycles. The summed E-state index contributed by atoms with van der Waals surface area (Å²) in [6.07, 6.45) is -2.02. The maximum absolute atomic E-state index is 12.0. The van der Waals surface area contributed by atoms with Crippen molar-refractivity contribution in [3.63, 3.8) is 0 Å². The van der Waals surface area contributed by atoms with Gasteiger partial charge in [-0.1, -0.05) is 12.2 Å². The normalized spacial score (nSPS) is 14.9. The van der Waals surface area contributed by atoms with Crippen LogP contribution in [0.2, 0.25) is 0 Å². The lowest BCUT2D eigenvalue weighted by Gasteiger charge is -2.22. The highest BCUT2D eigenvalue weighted by Crippen LogP contribution is 1.96. The molecule has 13 nitrogen and oxygen atoms in total. The fourth-order valence-corrected chi connectivity index (χ4v) is 1.65. The Kier molecular flexibility index (Phi) is 10.0. The van der Waals surface area contributed by atoms with Crippen LogP contribution in [0, 0.1) is 0 Å². The molecule has 0 spiro atoms. The van der Waals surface area contributed by atoms with Gasteiger partial charge in [0.1, 0.15) is 11.0 Å². The minimum absolute atomic E-state index is 0.108. The first kappa shape index (κ1) is 23.4. The molecule has 0 bridgehead atoms. The number of carbonyl (C=O) groups is 4. The SMILES string of the molecule is CC(O)C(NC(=O)NC(CC(N)=O)C(=O)NNC(=S)C(N)CO)C(=O)O. The van der Waals surface area contributed by atoms with Crippen LogP contribution in [0.4, 0.5) is 4.79 Å². The second-order valence-corrected chi connectivity index (χ2v) is 5.60. The standard InChI is InChI=1S/C12H22N6O7S/c1-4(20)8(11(23)24)16-12(25)15-6(2-7(14)21)9(22)17-18-10(26)5(13)3-19/h4-6,8,19-20H,2-3,13H2,1H3,(H2,14,21)(H,17,22)(H,18,26)(H,23,24)(H2,15,16,25). The van der Waals surface area contributed by atoms with Crippen molar-refractivity contribution in [2.45, 2.75) is 37.6 Å². The zero-order valence-electron chi connectivity index (χ0n) is 13.8. The molecule has 0 heterocycles. The van der Waals surface area contributed by atoms with Crippen LogP contribution in [-0.2, 0) is 14.4 Å². The Bertz CT molecular complexity index is 558. The number of hydrazine groups is 1. The Hall–Kier alpha value is -2.55. The Morgan fingerprint density at radius 2 is 1.73 bits per heavy atom. The molecule has 0 fully saturated rings. The number of urea groups is 1. The van der Waals surface area contributed by atoms with E-state index >= 15 is 0 Å². The third-order valence-electron chi connectivity index (χ3n) is 2.90. The molecule has 4 amide bonds. The molecule has 0 aromatic rings. The van der Waals surface area contributed by atoms with Gasteiger partial charge >= 0.3 is 12.0 Å². The molecular formula is C12H22N6O7S. The first-order chi connectivity index (χ1) is 12.0. The number of amides is 4. The third-order valence-corrected chi connectivity index (χ3v) is 3.31. The quantitative estimate of drug-likeness (QED) is 0.135. The second kappa shape index (κ2) is 11.1. The average Bonchev–Trinajstić information content (AvgIpc) is 2.54. The van der Waals surface area contributed by atoms with E-state index in [1.54, 1.807) is 0 Å². The number of nitrogens with one attached hydrogen (secondary N) is 4. The molecule has 11 N–H and O–H groups in total. The van der Waals surface area contributed by atoms with Gasteiger partial charge in [0.15, 0.2) is 6.04 Å². The third kappa shape index (κ3) is 8.52. The molecule has 26 heavy (non-hydrogen) atoms. The number of rotatable bonds is 9. The number of nitrogens with two attached hydrogens (primary N) is 2. The van der Waals surface area contributed by atoms with E-state index in [1.165, 1.54) is 0 Å². The van der Waals surface area contributed by atoms with Crippen molar-refractivity contribution in [3.05, 3.63) is 0 Å². The van der Waals surface area contributed by atoms with Crippen molar-refractivity contribution in [2.75, 3.05) is 6.61 Å². The van der Waals surface area contributed by atoms with Crippen LogP contribution in [0.3, 0.4) is 0 Å². The molecule has 0 rings (SSSR count). The van der Waals surface area contributed by atoms with Gasteiger partial charge in [-0.25, -0.2) is 9.59 Å². The lowest BCUT2D eigenvalue weighted by atomic mass is 10.1. The van der Waals surface area contributed by atoms with E-state index in [9.17, 15) is 24.3 Å². The fraction of sp³-hybridized carbons (Fsp3) is 0.583. The van der Waals surface area contributed by atoms with Gasteiger partial charge in [-0.15, -0.1) is 0 Å². The second-order valence-electron chi connectivity index (χ2n) is 5.16. The molecule has 0 aliphatic carbocycles. The van der Waals surface area contributed by atoms with Crippen molar-refractivity contribution < 1.29 is 34.5 Å². The van der Waals surface area contributed by atoms with E-state index in [-0.39, 0.29) is 4.99 Å². The average molecular weight is 394 g/mol. The minimum atomic E-state index is -1.64. The Labute approximate surface area is 153 Å². The number of carboxylic acids is 1. The summed E-state index contributed by atoms with van der Waals surface area (Å²) in [5, 5.41) is 31.0. The summed E-state index contributed by atoms with van der Waals surface area (Å²) in [6.45, 7) is 0.658. The van der Waals surface area contributed by atoms with Crippen molar-refractivity contribution in [3.8, 4) is 0 Å². The zero-order valence-corrected chi connectivity index (χ0v) is 14.6. The van der Waals surface area contributed by atoms with E-state index in [2.05, 4.69) is 16.2 Å². The van der Waals surface area contributed by atoms with Crippen LogP contribution >= 0.6 is 12.2 Å². The van der Waals surface area contributed by atoms with Crippen molar-refractivity contribution in [1.82, 2.24) is 21.5 Å². The van der Waals surface area contributed by atoms with Crippen LogP contribution in [0.1, 0.15) is 13.3 Å². The smallest absolute Gasteiger partial charge is 0.328 e. The largest absolute Gasteiger partial charge is 0.480 e. The van der Waals surface area contributed by atoms with E-state index in [0.29, 0.717) is 0 Å². The summed E-state index contributed by atoms with van der Waals surface area (Å²) in [4.78, 5) is 45.7. The molecular weight excluding hydrogens is 372 g/mol. The van der Waals surface area contributed by atoms with E-state index in [4.69, 9.17) is 33.9 Å². The number of primary amides is 1. The molecule has 0 aromatic heterocycles. The van der Waals surface area contributed by atoms with E-state index in [0.717, 1.165) is 6.92 Å². The summed E-state index contributed by atoms with van der Waals surface area (Å²) in [6, 6.07) is -5.19. The predicted molar refractivity (Wildman–Crippen MR) is 91.3 cm³/mol. The van der Waals surface area contributed by atoms with Gasteiger partial charge in [0, 0.05) is 0 Å².